The third-order valence-corrected chi connectivity index (χ3v) is 4.67. The molecule has 2 aromatic carbocycles. The van der Waals surface area contributed by atoms with Crippen LogP contribution in [0.1, 0.15) is 6.42 Å². The number of hydrogen-bond donors (Lipinski definition) is 1. The summed E-state index contributed by atoms with van der Waals surface area (Å²) in [4.78, 5) is 26.7. The van der Waals surface area contributed by atoms with E-state index in [0.29, 0.717) is 42.7 Å². The second-order valence-electron chi connectivity index (χ2n) is 6.45. The fraction of sp³-hybridized carbons (Fsp3) is 0.300. The number of carbonyl (C=O) groups excluding carboxylic acids is 2. The number of carbonyl (C=O) groups is 2. The molecule has 2 aliphatic heterocycles. The maximum atomic E-state index is 12.6. The van der Waals surface area contributed by atoms with Crippen molar-refractivity contribution in [3.05, 3.63) is 42.5 Å². The first-order chi connectivity index (χ1) is 13.1. The van der Waals surface area contributed by atoms with Crippen LogP contribution in [0.25, 0.3) is 0 Å². The molecule has 0 aromatic heterocycles. The first kappa shape index (κ1) is 17.2. The van der Waals surface area contributed by atoms with Crippen molar-refractivity contribution in [3.63, 3.8) is 0 Å². The number of nitrogens with one attached hydrogen (secondary N) is 1. The van der Waals surface area contributed by atoms with Gasteiger partial charge in [-0.1, -0.05) is 6.07 Å². The summed E-state index contributed by atoms with van der Waals surface area (Å²) < 4.78 is 16.2. The normalized spacial score (nSPS) is 18.3. The summed E-state index contributed by atoms with van der Waals surface area (Å²) in [6.45, 7) is 1.34. The lowest BCUT2D eigenvalue weighted by atomic mass is 10.1. The van der Waals surface area contributed by atoms with Gasteiger partial charge in [-0.2, -0.15) is 0 Å². The molecular formula is C20H20N2O5. The molecule has 0 aliphatic carbocycles. The Morgan fingerprint density at radius 3 is 2.78 bits per heavy atom. The van der Waals surface area contributed by atoms with Crippen molar-refractivity contribution in [1.82, 2.24) is 0 Å². The standard InChI is InChI=1S/C20H20N2O5/c1-25-16-4-2-3-15(11-16)22-12-13(9-19(22)23)20(24)21-14-5-6-17-18(10-14)27-8-7-26-17/h2-6,10-11,13H,7-9,12H2,1H3,(H,21,24)/t13-/m1/s1. The number of amides is 2. The molecule has 1 atom stereocenters. The van der Waals surface area contributed by atoms with Gasteiger partial charge in [-0.05, 0) is 24.3 Å². The van der Waals surface area contributed by atoms with E-state index < -0.39 is 5.92 Å². The lowest BCUT2D eigenvalue weighted by molar-refractivity contribution is -0.122. The summed E-state index contributed by atoms with van der Waals surface area (Å²) in [6, 6.07) is 12.5. The molecule has 1 N–H and O–H groups in total. The molecule has 1 saturated heterocycles. The summed E-state index contributed by atoms with van der Waals surface area (Å²) in [5, 5.41) is 2.87. The maximum absolute atomic E-state index is 12.6. The summed E-state index contributed by atoms with van der Waals surface area (Å²) in [7, 11) is 1.58. The third-order valence-electron chi connectivity index (χ3n) is 4.67. The average Bonchev–Trinajstić information content (AvgIpc) is 3.10. The molecule has 0 spiro atoms. The van der Waals surface area contributed by atoms with Gasteiger partial charge in [0.25, 0.3) is 0 Å². The van der Waals surface area contributed by atoms with Gasteiger partial charge in [-0.3, -0.25) is 9.59 Å². The SMILES string of the molecule is COc1cccc(N2C[C@H](C(=O)Nc3ccc4c(c3)OCCO4)CC2=O)c1. The van der Waals surface area contributed by atoms with Crippen LogP contribution in [-0.4, -0.2) is 38.7 Å². The Bertz CT molecular complexity index is 882. The first-order valence-electron chi connectivity index (χ1n) is 8.79. The summed E-state index contributed by atoms with van der Waals surface area (Å²) >= 11 is 0. The number of rotatable bonds is 4. The van der Waals surface area contributed by atoms with Gasteiger partial charge >= 0.3 is 0 Å². The van der Waals surface area contributed by atoms with Gasteiger partial charge in [0.2, 0.25) is 11.8 Å². The Morgan fingerprint density at radius 2 is 1.96 bits per heavy atom. The van der Waals surface area contributed by atoms with Crippen molar-refractivity contribution in [1.29, 1.82) is 0 Å². The van der Waals surface area contributed by atoms with Crippen LogP contribution in [0.3, 0.4) is 0 Å². The molecule has 4 rings (SSSR count). The van der Waals surface area contributed by atoms with E-state index >= 15 is 0 Å². The van der Waals surface area contributed by atoms with E-state index in [1.807, 2.05) is 18.2 Å². The maximum Gasteiger partial charge on any atom is 0.229 e. The van der Waals surface area contributed by atoms with E-state index in [4.69, 9.17) is 14.2 Å². The zero-order valence-corrected chi connectivity index (χ0v) is 14.9. The highest BCUT2D eigenvalue weighted by atomic mass is 16.6. The Hall–Kier alpha value is -3.22. The van der Waals surface area contributed by atoms with Gasteiger partial charge in [0.1, 0.15) is 19.0 Å². The molecule has 2 heterocycles. The third kappa shape index (κ3) is 3.53. The zero-order chi connectivity index (χ0) is 18.8. The van der Waals surface area contributed by atoms with Gasteiger partial charge in [0.15, 0.2) is 11.5 Å². The van der Waals surface area contributed by atoms with Crippen molar-refractivity contribution in [2.45, 2.75) is 6.42 Å². The highest BCUT2D eigenvalue weighted by Crippen LogP contribution is 2.33. The molecule has 2 amide bonds. The monoisotopic (exact) mass is 368 g/mol. The lowest BCUT2D eigenvalue weighted by Crippen LogP contribution is -2.28. The largest absolute Gasteiger partial charge is 0.497 e. The molecule has 1 fully saturated rings. The van der Waals surface area contributed by atoms with Gasteiger partial charge < -0.3 is 24.4 Å². The van der Waals surface area contributed by atoms with Crippen molar-refractivity contribution in [2.24, 2.45) is 5.92 Å². The van der Waals surface area contributed by atoms with Crippen molar-refractivity contribution in [2.75, 3.05) is 37.1 Å². The quantitative estimate of drug-likeness (QED) is 0.897. The van der Waals surface area contributed by atoms with Gasteiger partial charge in [-0.15, -0.1) is 0 Å². The molecule has 0 radical (unpaired) electrons. The average molecular weight is 368 g/mol. The molecule has 27 heavy (non-hydrogen) atoms. The van der Waals surface area contributed by atoms with E-state index in [-0.39, 0.29) is 18.2 Å². The molecule has 2 aromatic rings. The van der Waals surface area contributed by atoms with Crippen molar-refractivity contribution in [3.8, 4) is 17.2 Å². The van der Waals surface area contributed by atoms with E-state index in [1.54, 1.807) is 36.3 Å². The summed E-state index contributed by atoms with van der Waals surface area (Å²) in [5.41, 5.74) is 1.35. The molecule has 0 bridgehead atoms. The van der Waals surface area contributed by atoms with Crippen LogP contribution in [0.4, 0.5) is 11.4 Å². The number of fused-ring (bicyclic) bond motifs is 1. The van der Waals surface area contributed by atoms with E-state index in [9.17, 15) is 9.59 Å². The van der Waals surface area contributed by atoms with Crippen molar-refractivity contribution < 1.29 is 23.8 Å². The topological polar surface area (TPSA) is 77.1 Å². The molecule has 140 valence electrons. The smallest absolute Gasteiger partial charge is 0.229 e. The molecule has 7 nitrogen and oxygen atoms in total. The van der Waals surface area contributed by atoms with Crippen LogP contribution in [0.5, 0.6) is 17.2 Å². The minimum Gasteiger partial charge on any atom is -0.497 e. The fourth-order valence-electron chi connectivity index (χ4n) is 3.28. The second-order valence-corrected chi connectivity index (χ2v) is 6.45. The Kier molecular flexibility index (Phi) is 4.58. The summed E-state index contributed by atoms with van der Waals surface area (Å²) in [6.07, 6.45) is 0.174. The number of nitrogens with zero attached hydrogens (tertiary/aromatic N) is 1. The fourth-order valence-corrected chi connectivity index (χ4v) is 3.28. The highest BCUT2D eigenvalue weighted by molar-refractivity contribution is 6.03. The lowest BCUT2D eigenvalue weighted by Gasteiger charge is -2.19. The van der Waals surface area contributed by atoms with Crippen LogP contribution >= 0.6 is 0 Å². The van der Waals surface area contributed by atoms with Gasteiger partial charge in [0.05, 0.1) is 13.0 Å². The first-order valence-corrected chi connectivity index (χ1v) is 8.79. The van der Waals surface area contributed by atoms with Crippen LogP contribution in [0, 0.1) is 5.92 Å². The Balaban J connectivity index is 1.44. The number of ether oxygens (including phenoxy) is 3. The van der Waals surface area contributed by atoms with Gasteiger partial charge in [-0.25, -0.2) is 0 Å². The van der Waals surface area contributed by atoms with Crippen LogP contribution in [0.15, 0.2) is 42.5 Å². The van der Waals surface area contributed by atoms with Crippen LogP contribution in [-0.2, 0) is 9.59 Å². The molecule has 7 heteroatoms. The Morgan fingerprint density at radius 1 is 1.15 bits per heavy atom. The number of anilines is 2. The number of methoxy groups -OCH3 is 1. The van der Waals surface area contributed by atoms with E-state index in [2.05, 4.69) is 5.32 Å². The molecule has 0 unspecified atom stereocenters. The number of benzene rings is 2. The predicted octanol–water partition coefficient (Wildman–Crippen LogP) is 2.46. The molecule has 0 saturated carbocycles. The van der Waals surface area contributed by atoms with Gasteiger partial charge in [0, 0.05) is 36.5 Å². The predicted molar refractivity (Wildman–Crippen MR) is 99.5 cm³/mol. The highest BCUT2D eigenvalue weighted by Gasteiger charge is 2.35. The van der Waals surface area contributed by atoms with E-state index in [0.717, 1.165) is 5.69 Å². The summed E-state index contributed by atoms with van der Waals surface area (Å²) in [5.74, 6) is 1.26. The Labute approximate surface area is 156 Å². The van der Waals surface area contributed by atoms with Crippen LogP contribution < -0.4 is 24.4 Å². The second kappa shape index (κ2) is 7.19. The molecular weight excluding hydrogens is 348 g/mol. The molecule has 2 aliphatic rings. The number of hydrogen-bond acceptors (Lipinski definition) is 5. The van der Waals surface area contributed by atoms with E-state index in [1.165, 1.54) is 0 Å². The van der Waals surface area contributed by atoms with Crippen molar-refractivity contribution >= 4 is 23.2 Å². The minimum atomic E-state index is -0.420. The zero-order valence-electron chi connectivity index (χ0n) is 14.9. The van der Waals surface area contributed by atoms with Crippen LogP contribution in [0.2, 0.25) is 0 Å². The minimum absolute atomic E-state index is 0.0782.